The molecule has 94 valence electrons. The van der Waals surface area contributed by atoms with Crippen molar-refractivity contribution in [2.45, 2.75) is 18.9 Å². The van der Waals surface area contributed by atoms with Crippen molar-refractivity contribution in [3.05, 3.63) is 35.9 Å². The Morgan fingerprint density at radius 1 is 1.18 bits per heavy atom. The molecule has 1 atom stereocenters. The van der Waals surface area contributed by atoms with E-state index in [-0.39, 0.29) is 6.10 Å². The minimum absolute atomic E-state index is 0.236. The molecule has 2 rings (SSSR count). The lowest BCUT2D eigenvalue weighted by atomic mass is 10.1. The largest absolute Gasteiger partial charge is 0.393 e. The molecule has 1 heterocycles. The molecule has 3 nitrogen and oxygen atoms in total. The first-order valence-corrected chi connectivity index (χ1v) is 6.36. The first-order valence-electron chi connectivity index (χ1n) is 6.36. The van der Waals surface area contributed by atoms with Crippen molar-refractivity contribution in [2.24, 2.45) is 0 Å². The summed E-state index contributed by atoms with van der Waals surface area (Å²) in [5, 5.41) is 9.98. The van der Waals surface area contributed by atoms with Crippen molar-refractivity contribution >= 4 is 0 Å². The Labute approximate surface area is 103 Å². The van der Waals surface area contributed by atoms with E-state index >= 15 is 0 Å². The van der Waals surface area contributed by atoms with Crippen LogP contribution in [-0.2, 0) is 11.2 Å². The molecule has 0 radical (unpaired) electrons. The Hall–Kier alpha value is -0.900. The molecule has 1 unspecified atom stereocenters. The van der Waals surface area contributed by atoms with Gasteiger partial charge in [0.15, 0.2) is 0 Å². The van der Waals surface area contributed by atoms with Gasteiger partial charge in [-0.3, -0.25) is 4.90 Å². The van der Waals surface area contributed by atoms with Gasteiger partial charge in [-0.2, -0.15) is 0 Å². The average molecular weight is 235 g/mol. The summed E-state index contributed by atoms with van der Waals surface area (Å²) < 4.78 is 5.30. The molecule has 1 N–H and O–H groups in total. The Bertz CT molecular complexity index is 309. The van der Waals surface area contributed by atoms with E-state index in [4.69, 9.17) is 4.74 Å². The van der Waals surface area contributed by atoms with Crippen LogP contribution in [0, 0.1) is 0 Å². The third-order valence-corrected chi connectivity index (χ3v) is 3.20. The van der Waals surface area contributed by atoms with Crippen molar-refractivity contribution < 1.29 is 9.84 Å². The van der Waals surface area contributed by atoms with Crippen molar-refractivity contribution in [3.8, 4) is 0 Å². The zero-order chi connectivity index (χ0) is 11.9. The minimum Gasteiger partial charge on any atom is -0.393 e. The van der Waals surface area contributed by atoms with Gasteiger partial charge in [-0.15, -0.1) is 0 Å². The first-order chi connectivity index (χ1) is 8.34. The van der Waals surface area contributed by atoms with Gasteiger partial charge in [0.2, 0.25) is 0 Å². The third kappa shape index (κ3) is 4.46. The van der Waals surface area contributed by atoms with Crippen LogP contribution < -0.4 is 0 Å². The summed E-state index contributed by atoms with van der Waals surface area (Å²) in [7, 11) is 0. The predicted octanol–water partition coefficient (Wildman–Crippen LogP) is 1.31. The van der Waals surface area contributed by atoms with Crippen LogP contribution in [0.3, 0.4) is 0 Å². The van der Waals surface area contributed by atoms with Gasteiger partial charge in [-0.1, -0.05) is 30.3 Å². The third-order valence-electron chi connectivity index (χ3n) is 3.20. The van der Waals surface area contributed by atoms with Gasteiger partial charge in [0, 0.05) is 19.6 Å². The van der Waals surface area contributed by atoms with Gasteiger partial charge in [-0.05, 0) is 18.4 Å². The van der Waals surface area contributed by atoms with Crippen LogP contribution in [0.5, 0.6) is 0 Å². The van der Waals surface area contributed by atoms with E-state index < -0.39 is 0 Å². The topological polar surface area (TPSA) is 32.7 Å². The lowest BCUT2D eigenvalue weighted by Crippen LogP contribution is -2.38. The highest BCUT2D eigenvalue weighted by Crippen LogP contribution is 2.07. The highest BCUT2D eigenvalue weighted by atomic mass is 16.5. The van der Waals surface area contributed by atoms with Crippen LogP contribution in [-0.4, -0.2) is 49.0 Å². The second kappa shape index (κ2) is 6.74. The number of ether oxygens (including phenoxy) is 1. The fourth-order valence-electron chi connectivity index (χ4n) is 2.14. The molecule has 0 aliphatic carbocycles. The van der Waals surface area contributed by atoms with Gasteiger partial charge in [0.25, 0.3) is 0 Å². The number of hydrogen-bond acceptors (Lipinski definition) is 3. The van der Waals surface area contributed by atoms with Crippen LogP contribution in [0.15, 0.2) is 30.3 Å². The molecule has 1 aromatic rings. The number of hydrogen-bond donors (Lipinski definition) is 1. The van der Waals surface area contributed by atoms with Gasteiger partial charge >= 0.3 is 0 Å². The standard InChI is InChI=1S/C14H21NO2/c16-14(12-13-4-2-1-3-5-13)6-7-15-8-10-17-11-9-15/h1-5,14,16H,6-12H2. The fraction of sp³-hybridized carbons (Fsp3) is 0.571. The van der Waals surface area contributed by atoms with Crippen molar-refractivity contribution in [1.29, 1.82) is 0 Å². The Morgan fingerprint density at radius 3 is 2.59 bits per heavy atom. The van der Waals surface area contributed by atoms with Crippen LogP contribution in [0.1, 0.15) is 12.0 Å². The molecule has 0 amide bonds. The van der Waals surface area contributed by atoms with Gasteiger partial charge in [0.05, 0.1) is 19.3 Å². The molecule has 1 fully saturated rings. The normalized spacial score (nSPS) is 19.1. The number of aliphatic hydroxyl groups is 1. The molecule has 3 heteroatoms. The molecular formula is C14H21NO2. The predicted molar refractivity (Wildman–Crippen MR) is 68.0 cm³/mol. The van der Waals surface area contributed by atoms with Gasteiger partial charge in [0.1, 0.15) is 0 Å². The maximum Gasteiger partial charge on any atom is 0.0594 e. The summed E-state index contributed by atoms with van der Waals surface area (Å²) in [6, 6.07) is 10.2. The molecule has 17 heavy (non-hydrogen) atoms. The summed E-state index contributed by atoms with van der Waals surface area (Å²) >= 11 is 0. The van der Waals surface area contributed by atoms with Gasteiger partial charge in [-0.25, -0.2) is 0 Å². The molecule has 0 bridgehead atoms. The smallest absolute Gasteiger partial charge is 0.0594 e. The SMILES string of the molecule is OC(CCN1CCOCC1)Cc1ccccc1. The molecule has 0 aromatic heterocycles. The molecule has 1 aliphatic heterocycles. The minimum atomic E-state index is -0.236. The lowest BCUT2D eigenvalue weighted by Gasteiger charge is -2.27. The quantitative estimate of drug-likeness (QED) is 0.835. The zero-order valence-electron chi connectivity index (χ0n) is 10.2. The van der Waals surface area contributed by atoms with Crippen LogP contribution in [0.2, 0.25) is 0 Å². The first kappa shape index (κ1) is 12.6. The van der Waals surface area contributed by atoms with E-state index in [1.165, 1.54) is 5.56 Å². The van der Waals surface area contributed by atoms with E-state index in [9.17, 15) is 5.11 Å². The van der Waals surface area contributed by atoms with E-state index in [0.717, 1.165) is 45.7 Å². The molecule has 0 saturated carbocycles. The molecule has 1 saturated heterocycles. The number of morpholine rings is 1. The highest BCUT2D eigenvalue weighted by molar-refractivity contribution is 5.15. The van der Waals surface area contributed by atoms with Crippen molar-refractivity contribution in [3.63, 3.8) is 0 Å². The Kier molecular flexibility index (Phi) is 4.98. The average Bonchev–Trinajstić information content (AvgIpc) is 2.39. The van der Waals surface area contributed by atoms with Gasteiger partial charge < -0.3 is 9.84 Å². The van der Waals surface area contributed by atoms with E-state index in [0.29, 0.717) is 0 Å². The molecule has 1 aromatic carbocycles. The van der Waals surface area contributed by atoms with Crippen LogP contribution in [0.4, 0.5) is 0 Å². The summed E-state index contributed by atoms with van der Waals surface area (Å²) in [6.45, 7) is 4.62. The number of nitrogens with zero attached hydrogens (tertiary/aromatic N) is 1. The maximum absolute atomic E-state index is 9.98. The van der Waals surface area contributed by atoms with E-state index in [2.05, 4.69) is 17.0 Å². The van der Waals surface area contributed by atoms with Crippen molar-refractivity contribution in [1.82, 2.24) is 4.90 Å². The summed E-state index contributed by atoms with van der Waals surface area (Å²) in [5.41, 5.74) is 1.21. The Morgan fingerprint density at radius 2 is 1.88 bits per heavy atom. The van der Waals surface area contributed by atoms with E-state index in [1.807, 2.05) is 18.2 Å². The summed E-state index contributed by atoms with van der Waals surface area (Å²) in [4.78, 5) is 2.36. The van der Waals surface area contributed by atoms with E-state index in [1.54, 1.807) is 0 Å². The highest BCUT2D eigenvalue weighted by Gasteiger charge is 2.12. The van der Waals surface area contributed by atoms with Crippen molar-refractivity contribution in [2.75, 3.05) is 32.8 Å². The molecule has 0 spiro atoms. The number of rotatable bonds is 5. The fourth-order valence-corrected chi connectivity index (χ4v) is 2.14. The number of aliphatic hydroxyl groups excluding tert-OH is 1. The lowest BCUT2D eigenvalue weighted by molar-refractivity contribution is 0.0302. The monoisotopic (exact) mass is 235 g/mol. The number of benzene rings is 1. The van der Waals surface area contributed by atoms with Crippen LogP contribution >= 0.6 is 0 Å². The summed E-state index contributed by atoms with van der Waals surface area (Å²) in [5.74, 6) is 0. The molecular weight excluding hydrogens is 214 g/mol. The Balaban J connectivity index is 1.68. The zero-order valence-corrected chi connectivity index (χ0v) is 10.2. The maximum atomic E-state index is 9.98. The van der Waals surface area contributed by atoms with Crippen LogP contribution in [0.25, 0.3) is 0 Å². The second-order valence-electron chi connectivity index (χ2n) is 4.59. The second-order valence-corrected chi connectivity index (χ2v) is 4.59. The molecule has 1 aliphatic rings. The summed E-state index contributed by atoms with van der Waals surface area (Å²) in [6.07, 6.45) is 1.36.